The van der Waals surface area contributed by atoms with Crippen LogP contribution in [0.3, 0.4) is 0 Å². The smallest absolute Gasteiger partial charge is 0.289 e. The van der Waals surface area contributed by atoms with Crippen molar-refractivity contribution in [3.63, 3.8) is 0 Å². The number of aliphatic hydroxyl groups is 1. The van der Waals surface area contributed by atoms with Crippen LogP contribution >= 0.6 is 12.4 Å². The molecular formula is C14H22ClF2NO. The van der Waals surface area contributed by atoms with Gasteiger partial charge in [-0.3, -0.25) is 0 Å². The Bertz CT molecular complexity index is 446. The predicted molar refractivity (Wildman–Crippen MR) is 76.3 cm³/mol. The number of hydrogen-bond acceptors (Lipinski definition) is 2. The van der Waals surface area contributed by atoms with Gasteiger partial charge in [0.2, 0.25) is 0 Å². The fourth-order valence-electron chi connectivity index (χ4n) is 2.31. The quantitative estimate of drug-likeness (QED) is 0.898. The Labute approximate surface area is 119 Å². The van der Waals surface area contributed by atoms with Crippen LogP contribution in [-0.2, 0) is 0 Å². The first-order valence-electron chi connectivity index (χ1n) is 5.96. The number of nitrogens with two attached hydrogens (primary N) is 1. The van der Waals surface area contributed by atoms with E-state index in [0.29, 0.717) is 5.56 Å². The molecule has 19 heavy (non-hydrogen) atoms. The lowest BCUT2D eigenvalue weighted by atomic mass is 9.85. The van der Waals surface area contributed by atoms with Crippen LogP contribution < -0.4 is 5.73 Å². The molecule has 1 rings (SSSR count). The van der Waals surface area contributed by atoms with E-state index in [0.717, 1.165) is 27.8 Å². The molecule has 0 aliphatic rings. The molecule has 0 spiro atoms. The summed E-state index contributed by atoms with van der Waals surface area (Å²) in [4.78, 5) is 0. The molecule has 0 fully saturated rings. The van der Waals surface area contributed by atoms with Crippen molar-refractivity contribution in [2.75, 3.05) is 6.61 Å². The molecule has 1 aromatic carbocycles. The summed E-state index contributed by atoms with van der Waals surface area (Å²) in [6.45, 7) is 8.16. The van der Waals surface area contributed by atoms with E-state index in [9.17, 15) is 8.78 Å². The number of benzene rings is 1. The molecule has 0 unspecified atom stereocenters. The van der Waals surface area contributed by atoms with E-state index in [-0.39, 0.29) is 12.4 Å². The van der Waals surface area contributed by atoms with Crippen molar-refractivity contribution in [1.82, 2.24) is 0 Å². The van der Waals surface area contributed by atoms with Gasteiger partial charge >= 0.3 is 0 Å². The highest BCUT2D eigenvalue weighted by Crippen LogP contribution is 2.36. The van der Waals surface area contributed by atoms with Crippen molar-refractivity contribution in [2.45, 2.75) is 46.6 Å². The highest BCUT2D eigenvalue weighted by Gasteiger charge is 2.39. The van der Waals surface area contributed by atoms with Crippen LogP contribution in [0.5, 0.6) is 0 Å². The van der Waals surface area contributed by atoms with E-state index >= 15 is 0 Å². The molecule has 0 bridgehead atoms. The fourth-order valence-corrected chi connectivity index (χ4v) is 2.31. The van der Waals surface area contributed by atoms with Gasteiger partial charge in [-0.1, -0.05) is 0 Å². The van der Waals surface area contributed by atoms with Crippen molar-refractivity contribution in [1.29, 1.82) is 0 Å². The molecule has 0 heterocycles. The summed E-state index contributed by atoms with van der Waals surface area (Å²) >= 11 is 0. The van der Waals surface area contributed by atoms with Crippen LogP contribution in [0.4, 0.5) is 8.78 Å². The van der Waals surface area contributed by atoms with Crippen LogP contribution in [0.2, 0.25) is 0 Å². The minimum absolute atomic E-state index is 0. The molecule has 5 heteroatoms. The van der Waals surface area contributed by atoms with Crippen LogP contribution in [-0.4, -0.2) is 17.6 Å². The summed E-state index contributed by atoms with van der Waals surface area (Å²) in [6, 6.07) is -1.47. The average Bonchev–Trinajstić information content (AvgIpc) is 2.34. The summed E-state index contributed by atoms with van der Waals surface area (Å²) in [5, 5.41) is 8.77. The first-order valence-corrected chi connectivity index (χ1v) is 5.96. The summed E-state index contributed by atoms with van der Waals surface area (Å²) in [6.07, 6.45) is 0. The van der Waals surface area contributed by atoms with Gasteiger partial charge in [0.05, 0.1) is 6.04 Å². The van der Waals surface area contributed by atoms with Gasteiger partial charge in [-0.25, -0.2) is 8.78 Å². The minimum Gasteiger partial charge on any atom is -0.390 e. The summed E-state index contributed by atoms with van der Waals surface area (Å²) in [5.74, 6) is -3.30. The number of rotatable bonds is 3. The molecule has 3 N–H and O–H groups in total. The van der Waals surface area contributed by atoms with Crippen LogP contribution in [0.25, 0.3) is 0 Å². The second-order valence-electron chi connectivity index (χ2n) is 4.94. The Hall–Kier alpha value is -0.710. The normalized spacial score (nSPS) is 13.1. The lowest BCUT2D eigenvalue weighted by Gasteiger charge is -2.27. The monoisotopic (exact) mass is 293 g/mol. The minimum atomic E-state index is -3.30. The molecule has 0 aliphatic heterocycles. The van der Waals surface area contributed by atoms with E-state index < -0.39 is 18.6 Å². The van der Waals surface area contributed by atoms with E-state index in [1.54, 1.807) is 13.8 Å². The Morgan fingerprint density at radius 3 is 1.58 bits per heavy atom. The third kappa shape index (κ3) is 3.07. The highest BCUT2D eigenvalue weighted by molar-refractivity contribution is 5.85. The third-order valence-electron chi connectivity index (χ3n) is 4.03. The molecule has 0 aliphatic carbocycles. The Morgan fingerprint density at radius 1 is 0.947 bits per heavy atom. The first kappa shape index (κ1) is 18.3. The van der Waals surface area contributed by atoms with Gasteiger partial charge in [0, 0.05) is 0 Å². The zero-order chi connectivity index (χ0) is 14.2. The molecule has 0 saturated carbocycles. The molecule has 0 radical (unpaired) electrons. The molecule has 0 saturated heterocycles. The maximum absolute atomic E-state index is 13.6. The van der Waals surface area contributed by atoms with Crippen molar-refractivity contribution in [2.24, 2.45) is 5.73 Å². The molecule has 0 aromatic heterocycles. The van der Waals surface area contributed by atoms with Crippen LogP contribution in [0.15, 0.2) is 0 Å². The van der Waals surface area contributed by atoms with Crippen molar-refractivity contribution >= 4 is 12.4 Å². The molecule has 0 amide bonds. The molecular weight excluding hydrogens is 272 g/mol. The lowest BCUT2D eigenvalue weighted by molar-refractivity contribution is -0.0714. The molecule has 2 nitrogen and oxygen atoms in total. The maximum Gasteiger partial charge on any atom is 0.289 e. The van der Waals surface area contributed by atoms with Gasteiger partial charge in [-0.15, -0.1) is 12.4 Å². The topological polar surface area (TPSA) is 46.2 Å². The van der Waals surface area contributed by atoms with E-state index in [4.69, 9.17) is 10.8 Å². The third-order valence-corrected chi connectivity index (χ3v) is 4.03. The fraction of sp³-hybridized carbons (Fsp3) is 0.571. The highest BCUT2D eigenvalue weighted by atomic mass is 35.5. The van der Waals surface area contributed by atoms with Gasteiger partial charge in [-0.2, -0.15) is 0 Å². The molecule has 1 aromatic rings. The number of aliphatic hydroxyl groups excluding tert-OH is 1. The van der Waals surface area contributed by atoms with E-state index in [1.165, 1.54) is 0 Å². The standard InChI is InChI=1S/C14H21F2NO.ClH/c1-7-8(2)10(4)12(11(5)9(7)3)13(17)14(15,16)6-18;/h13,18H,6,17H2,1-5H3;1H/t13-;/m0./s1. The van der Waals surface area contributed by atoms with Gasteiger partial charge in [-0.05, 0) is 68.0 Å². The second kappa shape index (κ2) is 6.16. The summed E-state index contributed by atoms with van der Waals surface area (Å²) in [7, 11) is 0. The van der Waals surface area contributed by atoms with Crippen LogP contribution in [0, 0.1) is 34.6 Å². The van der Waals surface area contributed by atoms with Gasteiger partial charge < -0.3 is 10.8 Å². The van der Waals surface area contributed by atoms with Crippen LogP contribution in [0.1, 0.15) is 39.4 Å². The van der Waals surface area contributed by atoms with Crippen molar-refractivity contribution in [3.05, 3.63) is 33.4 Å². The second-order valence-corrected chi connectivity index (χ2v) is 4.94. The largest absolute Gasteiger partial charge is 0.390 e. The first-order chi connectivity index (χ1) is 8.15. The number of halogens is 3. The lowest BCUT2D eigenvalue weighted by Crippen LogP contribution is -2.37. The number of alkyl halides is 2. The summed E-state index contributed by atoms with van der Waals surface area (Å²) in [5.41, 5.74) is 10.8. The Kier molecular flexibility index (Phi) is 5.93. The SMILES string of the molecule is Cc1c(C)c(C)c([C@H](N)C(F)(F)CO)c(C)c1C.Cl. The summed E-state index contributed by atoms with van der Waals surface area (Å²) < 4.78 is 27.2. The predicted octanol–water partition coefficient (Wildman–Crippen LogP) is 3.28. The number of hydrogen-bond donors (Lipinski definition) is 2. The Morgan fingerprint density at radius 2 is 1.26 bits per heavy atom. The van der Waals surface area contributed by atoms with Gasteiger partial charge in [0.15, 0.2) is 0 Å². The van der Waals surface area contributed by atoms with Gasteiger partial charge in [0.25, 0.3) is 5.92 Å². The van der Waals surface area contributed by atoms with E-state index in [1.807, 2.05) is 20.8 Å². The maximum atomic E-state index is 13.6. The van der Waals surface area contributed by atoms with Gasteiger partial charge in [0.1, 0.15) is 6.61 Å². The van der Waals surface area contributed by atoms with E-state index in [2.05, 4.69) is 0 Å². The van der Waals surface area contributed by atoms with Crippen molar-refractivity contribution in [3.8, 4) is 0 Å². The molecule has 110 valence electrons. The molecule has 1 atom stereocenters. The van der Waals surface area contributed by atoms with Crippen molar-refractivity contribution < 1.29 is 13.9 Å². The zero-order valence-electron chi connectivity index (χ0n) is 12.0. The zero-order valence-corrected chi connectivity index (χ0v) is 12.8. The Balaban J connectivity index is 0.00000324. The average molecular weight is 294 g/mol.